The number of pyridine rings is 1. The van der Waals surface area contributed by atoms with Gasteiger partial charge < -0.3 is 10.1 Å². The molecule has 7 nitrogen and oxygen atoms in total. The van der Waals surface area contributed by atoms with E-state index in [0.717, 1.165) is 22.2 Å². The van der Waals surface area contributed by atoms with Crippen LogP contribution in [0.15, 0.2) is 0 Å². The van der Waals surface area contributed by atoms with Gasteiger partial charge in [-0.1, -0.05) is 0 Å². The van der Waals surface area contributed by atoms with E-state index in [1.807, 2.05) is 20.8 Å². The van der Waals surface area contributed by atoms with Gasteiger partial charge in [0.05, 0.1) is 17.6 Å². The number of amides is 1. The normalized spacial score (nSPS) is 19.8. The third-order valence-corrected chi connectivity index (χ3v) is 4.26. The molecule has 0 fully saturated rings. The van der Waals surface area contributed by atoms with Crippen molar-refractivity contribution in [3.05, 3.63) is 16.8 Å². The highest BCUT2D eigenvalue weighted by Crippen LogP contribution is 2.37. The van der Waals surface area contributed by atoms with Crippen molar-refractivity contribution in [2.45, 2.75) is 45.8 Å². The van der Waals surface area contributed by atoms with Gasteiger partial charge in [0.1, 0.15) is 12.2 Å². The Hall–Kier alpha value is -2.28. The average molecular weight is 300 g/mol. The molecule has 0 aromatic carbocycles. The number of carbonyl (C=O) groups is 2. The number of anilines is 1. The summed E-state index contributed by atoms with van der Waals surface area (Å²) >= 11 is 0. The molecular formula is C15H16N4O3. The number of carbonyl (C=O) groups excluding carboxylic acids is 2. The first-order chi connectivity index (χ1) is 10.4. The van der Waals surface area contributed by atoms with Crippen LogP contribution in [-0.2, 0) is 22.6 Å². The van der Waals surface area contributed by atoms with Crippen LogP contribution in [0.5, 0.6) is 0 Å². The lowest BCUT2D eigenvalue weighted by Gasteiger charge is -2.32. The standard InChI is InChI=1S/C15H16N4O3/c1-7-9-6-22-15(2,3)5-8(9)12-13(16-7)18-19-11(21)4-10(20)17-14(12)19/h4-6H2,1-3H3,(H,17,20). The van der Waals surface area contributed by atoms with Crippen LogP contribution in [-0.4, -0.2) is 32.2 Å². The smallest absolute Gasteiger partial charge is 0.258 e. The van der Waals surface area contributed by atoms with Crippen molar-refractivity contribution in [2.24, 2.45) is 0 Å². The van der Waals surface area contributed by atoms with Gasteiger partial charge in [0.2, 0.25) is 5.91 Å². The van der Waals surface area contributed by atoms with E-state index in [1.54, 1.807) is 0 Å². The fraction of sp³-hybridized carbons (Fsp3) is 0.467. The van der Waals surface area contributed by atoms with Gasteiger partial charge in [-0.15, -0.1) is 5.10 Å². The molecule has 0 radical (unpaired) electrons. The molecule has 2 aliphatic rings. The van der Waals surface area contributed by atoms with E-state index in [0.29, 0.717) is 24.5 Å². The summed E-state index contributed by atoms with van der Waals surface area (Å²) in [5.74, 6) is -0.188. The predicted molar refractivity (Wildman–Crippen MR) is 78.7 cm³/mol. The molecule has 22 heavy (non-hydrogen) atoms. The molecule has 0 unspecified atom stereocenters. The highest BCUT2D eigenvalue weighted by atomic mass is 16.5. The van der Waals surface area contributed by atoms with Crippen LogP contribution < -0.4 is 5.32 Å². The molecule has 0 bridgehead atoms. The second-order valence-electron chi connectivity index (χ2n) is 6.46. The van der Waals surface area contributed by atoms with Crippen LogP contribution in [0.3, 0.4) is 0 Å². The van der Waals surface area contributed by atoms with Crippen molar-refractivity contribution in [3.63, 3.8) is 0 Å². The summed E-state index contributed by atoms with van der Waals surface area (Å²) in [6.45, 7) is 6.44. The van der Waals surface area contributed by atoms with Gasteiger partial charge in [-0.25, -0.2) is 4.98 Å². The minimum atomic E-state index is -0.325. The summed E-state index contributed by atoms with van der Waals surface area (Å²) in [6.07, 6.45) is 0.502. The Balaban J connectivity index is 2.06. The van der Waals surface area contributed by atoms with Gasteiger partial charge in [-0.2, -0.15) is 4.68 Å². The maximum Gasteiger partial charge on any atom is 0.258 e. The Kier molecular flexibility index (Phi) is 2.51. The SMILES string of the molecule is Cc1nc2nn3c(c2c2c1COC(C)(C)C2)NC(=O)CC3=O. The van der Waals surface area contributed by atoms with Gasteiger partial charge in [-0.05, 0) is 26.3 Å². The molecular weight excluding hydrogens is 284 g/mol. The zero-order chi connectivity index (χ0) is 15.6. The molecule has 4 heterocycles. The third kappa shape index (κ3) is 1.78. The summed E-state index contributed by atoms with van der Waals surface area (Å²) in [5, 5.41) is 7.82. The number of aryl methyl sites for hydroxylation is 1. The molecule has 7 heteroatoms. The predicted octanol–water partition coefficient (Wildman–Crippen LogP) is 1.57. The number of hydrogen-bond donors (Lipinski definition) is 1. The Morgan fingerprint density at radius 2 is 2.05 bits per heavy atom. The monoisotopic (exact) mass is 300 g/mol. The van der Waals surface area contributed by atoms with Crippen LogP contribution in [0.25, 0.3) is 11.0 Å². The van der Waals surface area contributed by atoms with Crippen molar-refractivity contribution in [1.82, 2.24) is 14.8 Å². The largest absolute Gasteiger partial charge is 0.370 e. The molecule has 0 saturated heterocycles. The molecule has 2 aliphatic heterocycles. The Morgan fingerprint density at radius 3 is 2.82 bits per heavy atom. The molecule has 1 N–H and O–H groups in total. The molecule has 2 aromatic heterocycles. The van der Waals surface area contributed by atoms with Crippen molar-refractivity contribution >= 4 is 28.7 Å². The van der Waals surface area contributed by atoms with Crippen LogP contribution >= 0.6 is 0 Å². The summed E-state index contributed by atoms with van der Waals surface area (Å²) in [7, 11) is 0. The van der Waals surface area contributed by atoms with Gasteiger partial charge in [0.15, 0.2) is 5.65 Å². The quantitative estimate of drug-likeness (QED) is 0.746. The first-order valence-corrected chi connectivity index (χ1v) is 7.24. The number of nitrogens with zero attached hydrogens (tertiary/aromatic N) is 3. The van der Waals surface area contributed by atoms with Gasteiger partial charge in [-0.3, -0.25) is 9.59 Å². The van der Waals surface area contributed by atoms with E-state index in [4.69, 9.17) is 4.74 Å². The lowest BCUT2D eigenvalue weighted by atomic mass is 9.89. The number of fused-ring (bicyclic) bond motifs is 5. The number of hydrogen-bond acceptors (Lipinski definition) is 5. The minimum Gasteiger partial charge on any atom is -0.370 e. The highest BCUT2D eigenvalue weighted by Gasteiger charge is 2.34. The van der Waals surface area contributed by atoms with Crippen molar-refractivity contribution < 1.29 is 14.3 Å². The Labute approximate surface area is 126 Å². The van der Waals surface area contributed by atoms with Crippen molar-refractivity contribution in [3.8, 4) is 0 Å². The van der Waals surface area contributed by atoms with Crippen molar-refractivity contribution in [2.75, 3.05) is 5.32 Å². The second-order valence-corrected chi connectivity index (χ2v) is 6.46. The molecule has 114 valence electrons. The Morgan fingerprint density at radius 1 is 1.27 bits per heavy atom. The van der Waals surface area contributed by atoms with Gasteiger partial charge in [0.25, 0.3) is 5.91 Å². The van der Waals surface area contributed by atoms with E-state index in [9.17, 15) is 9.59 Å². The van der Waals surface area contributed by atoms with Gasteiger partial charge >= 0.3 is 0 Å². The van der Waals surface area contributed by atoms with Crippen LogP contribution in [0.4, 0.5) is 5.82 Å². The highest BCUT2D eigenvalue weighted by molar-refractivity contribution is 6.14. The fourth-order valence-electron chi connectivity index (χ4n) is 3.17. The molecule has 0 aliphatic carbocycles. The molecule has 1 amide bonds. The third-order valence-electron chi connectivity index (χ3n) is 4.26. The van der Waals surface area contributed by atoms with E-state index >= 15 is 0 Å². The molecule has 0 saturated carbocycles. The maximum atomic E-state index is 12.0. The fourth-order valence-corrected chi connectivity index (χ4v) is 3.17. The zero-order valence-corrected chi connectivity index (χ0v) is 12.7. The summed E-state index contributed by atoms with van der Waals surface area (Å²) < 4.78 is 7.13. The van der Waals surface area contributed by atoms with Crippen LogP contribution in [0, 0.1) is 6.92 Å². The second kappa shape index (κ2) is 4.13. The first-order valence-electron chi connectivity index (χ1n) is 7.24. The van der Waals surface area contributed by atoms with E-state index in [1.165, 1.54) is 4.68 Å². The van der Waals surface area contributed by atoms with Gasteiger partial charge in [0, 0.05) is 17.7 Å². The molecule has 2 aromatic rings. The van der Waals surface area contributed by atoms with Crippen LogP contribution in [0.2, 0.25) is 0 Å². The number of aromatic nitrogens is 3. The molecule has 0 atom stereocenters. The number of nitrogens with one attached hydrogen (secondary N) is 1. The van der Waals surface area contributed by atoms with E-state index < -0.39 is 0 Å². The van der Waals surface area contributed by atoms with Crippen molar-refractivity contribution in [1.29, 1.82) is 0 Å². The maximum absolute atomic E-state index is 12.0. The zero-order valence-electron chi connectivity index (χ0n) is 12.7. The summed E-state index contributed by atoms with van der Waals surface area (Å²) in [6, 6.07) is 0. The number of rotatable bonds is 0. The first kappa shape index (κ1) is 13.4. The average Bonchev–Trinajstić information content (AvgIpc) is 2.76. The number of ether oxygens (including phenoxy) is 1. The molecule has 4 rings (SSSR count). The van der Waals surface area contributed by atoms with E-state index in [2.05, 4.69) is 15.4 Å². The van der Waals surface area contributed by atoms with Crippen LogP contribution in [0.1, 0.15) is 41.9 Å². The van der Waals surface area contributed by atoms with E-state index in [-0.39, 0.29) is 23.8 Å². The lowest BCUT2D eigenvalue weighted by molar-refractivity contribution is -0.115. The minimum absolute atomic E-state index is 0.184. The topological polar surface area (TPSA) is 86.1 Å². The lowest BCUT2D eigenvalue weighted by Crippen LogP contribution is -2.33. The Bertz CT molecular complexity index is 850. The summed E-state index contributed by atoms with van der Waals surface area (Å²) in [5.41, 5.74) is 3.14. The summed E-state index contributed by atoms with van der Waals surface area (Å²) in [4.78, 5) is 28.2. The molecule has 0 spiro atoms.